The summed E-state index contributed by atoms with van der Waals surface area (Å²) in [6.45, 7) is 0. The van der Waals surface area contributed by atoms with E-state index < -0.39 is 0 Å². The average Bonchev–Trinajstić information content (AvgIpc) is 3.73. The molecular weight excluding hydrogens is 623 g/mol. The third-order valence-electron chi connectivity index (χ3n) is 11.1. The summed E-state index contributed by atoms with van der Waals surface area (Å²) in [6.07, 6.45) is 0. The summed E-state index contributed by atoms with van der Waals surface area (Å²) in [4.78, 5) is 0. The van der Waals surface area contributed by atoms with Crippen LogP contribution in [0, 0.1) is 0 Å². The zero-order chi connectivity index (χ0) is 32.5. The lowest BCUT2D eigenvalue weighted by Crippen LogP contribution is -1.93. The van der Waals surface area contributed by atoms with E-state index in [1.54, 1.807) is 0 Å². The molecule has 0 saturated heterocycles. The van der Waals surface area contributed by atoms with Gasteiger partial charge in [-0.2, -0.15) is 0 Å². The maximum absolute atomic E-state index is 2.44. The van der Waals surface area contributed by atoms with Crippen LogP contribution in [0.1, 0.15) is 0 Å². The molecule has 0 unspecified atom stereocenters. The fraction of sp³-hybridized carbons (Fsp3) is 0. The lowest BCUT2D eigenvalue weighted by molar-refractivity contribution is 1.18. The Kier molecular flexibility index (Phi) is 5.18. The molecule has 2 heteroatoms. The van der Waals surface area contributed by atoms with Gasteiger partial charge < -0.3 is 4.57 Å². The average molecular weight is 650 g/mol. The molecule has 0 aliphatic rings. The second-order valence-corrected chi connectivity index (χ2v) is 14.7. The summed E-state index contributed by atoms with van der Waals surface area (Å²) in [7, 11) is 0. The van der Waals surface area contributed by atoms with E-state index >= 15 is 0 Å². The van der Waals surface area contributed by atoms with Gasteiger partial charge in [-0.15, -0.1) is 11.3 Å². The molecule has 0 aliphatic carbocycles. The first kappa shape index (κ1) is 26.7. The van der Waals surface area contributed by atoms with Crippen molar-refractivity contribution in [1.29, 1.82) is 0 Å². The number of hydrogen-bond donors (Lipinski definition) is 0. The van der Waals surface area contributed by atoms with Crippen molar-refractivity contribution in [3.8, 4) is 16.8 Å². The number of aromatic nitrogens is 1. The number of hydrogen-bond acceptors (Lipinski definition) is 1. The molecular formula is C48H27NS. The predicted octanol–water partition coefficient (Wildman–Crippen LogP) is 14.0. The summed E-state index contributed by atoms with van der Waals surface area (Å²) < 4.78 is 5.13. The van der Waals surface area contributed by atoms with E-state index in [0.29, 0.717) is 0 Å². The predicted molar refractivity (Wildman–Crippen MR) is 218 cm³/mol. The maximum atomic E-state index is 2.44. The molecule has 0 fully saturated rings. The Bertz CT molecular complexity index is 3360. The van der Waals surface area contributed by atoms with Gasteiger partial charge in [-0.3, -0.25) is 0 Å². The Morgan fingerprint density at radius 1 is 0.320 bits per heavy atom. The van der Waals surface area contributed by atoms with Gasteiger partial charge in [0.25, 0.3) is 0 Å². The van der Waals surface area contributed by atoms with Crippen LogP contribution in [0.15, 0.2) is 164 Å². The van der Waals surface area contributed by atoms with Gasteiger partial charge in [-0.05, 0) is 107 Å². The monoisotopic (exact) mass is 649 g/mol. The molecule has 1 nitrogen and oxygen atoms in total. The number of benzene rings is 10. The molecule has 0 radical (unpaired) electrons. The van der Waals surface area contributed by atoms with Gasteiger partial charge in [0.15, 0.2) is 0 Å². The molecule has 0 bridgehead atoms. The first-order valence-corrected chi connectivity index (χ1v) is 18.1. The van der Waals surface area contributed by atoms with E-state index in [0.717, 1.165) is 0 Å². The number of para-hydroxylation sites is 1. The van der Waals surface area contributed by atoms with Crippen molar-refractivity contribution in [3.63, 3.8) is 0 Å². The van der Waals surface area contributed by atoms with Crippen LogP contribution in [0.2, 0.25) is 0 Å². The van der Waals surface area contributed by atoms with Crippen LogP contribution >= 0.6 is 11.3 Å². The quantitative estimate of drug-likeness (QED) is 0.130. The molecule has 2 heterocycles. The normalized spacial score (nSPS) is 12.4. The van der Waals surface area contributed by atoms with Crippen molar-refractivity contribution >= 4 is 107 Å². The van der Waals surface area contributed by atoms with Crippen LogP contribution < -0.4 is 0 Å². The standard InChI is InChI=1S/C48H27NS/c1-2-10-30(11-3-1)49-42-24-21-29(27-41(42)47-43(49)25-23-39-34-14-6-7-19-44(34)50-48(39)47)28-20-22-33-37-17-8-15-35-31-12-4-5-13-32(31)36-16-9-18-38(40(33)26-28)46(36)45(35)37/h1-27H. The zero-order valence-corrected chi connectivity index (χ0v) is 27.8. The van der Waals surface area contributed by atoms with Crippen molar-refractivity contribution in [2.75, 3.05) is 0 Å². The molecule has 0 atom stereocenters. The van der Waals surface area contributed by atoms with Gasteiger partial charge in [-0.25, -0.2) is 0 Å². The zero-order valence-electron chi connectivity index (χ0n) is 26.9. The van der Waals surface area contributed by atoms with Crippen LogP contribution in [0.5, 0.6) is 0 Å². The van der Waals surface area contributed by atoms with Crippen molar-refractivity contribution in [3.05, 3.63) is 164 Å². The number of rotatable bonds is 2. The highest BCUT2D eigenvalue weighted by Crippen LogP contribution is 2.47. The fourth-order valence-corrected chi connectivity index (χ4v) is 10.3. The van der Waals surface area contributed by atoms with Gasteiger partial charge in [-0.1, -0.05) is 121 Å². The van der Waals surface area contributed by atoms with Crippen LogP contribution in [0.25, 0.3) is 113 Å². The Labute approximate surface area is 291 Å². The first-order chi connectivity index (χ1) is 24.8. The Hall–Kier alpha value is -6.22. The summed E-state index contributed by atoms with van der Waals surface area (Å²) in [6, 6.07) is 61.1. The van der Waals surface area contributed by atoms with E-state index in [1.165, 1.54) is 113 Å². The van der Waals surface area contributed by atoms with E-state index in [-0.39, 0.29) is 0 Å². The van der Waals surface area contributed by atoms with Crippen LogP contribution in [-0.4, -0.2) is 4.57 Å². The SMILES string of the molecule is c1ccc(-n2c3ccc(-c4ccc5c(c4)c4cccc6c7ccccc7c7cccc5c7c64)cc3c3c4sc5ccccc5c4ccc32)cc1. The first-order valence-electron chi connectivity index (χ1n) is 17.3. The Morgan fingerprint density at radius 3 is 1.56 bits per heavy atom. The van der Waals surface area contributed by atoms with Gasteiger partial charge in [0.2, 0.25) is 0 Å². The highest BCUT2D eigenvalue weighted by atomic mass is 32.1. The summed E-state index contributed by atoms with van der Waals surface area (Å²) in [5.41, 5.74) is 6.14. The van der Waals surface area contributed by atoms with E-state index in [4.69, 9.17) is 0 Å². The lowest BCUT2D eigenvalue weighted by Gasteiger charge is -2.18. The molecule has 0 N–H and O–H groups in total. The number of nitrogens with zero attached hydrogens (tertiary/aromatic N) is 1. The summed E-state index contributed by atoms with van der Waals surface area (Å²) in [5, 5.41) is 18.6. The molecule has 230 valence electrons. The van der Waals surface area contributed by atoms with Gasteiger partial charge >= 0.3 is 0 Å². The third-order valence-corrected chi connectivity index (χ3v) is 12.3. The molecule has 0 aliphatic heterocycles. The van der Waals surface area contributed by atoms with Crippen molar-refractivity contribution in [1.82, 2.24) is 4.57 Å². The second-order valence-electron chi connectivity index (χ2n) is 13.6. The van der Waals surface area contributed by atoms with Crippen LogP contribution in [0.4, 0.5) is 0 Å². The minimum atomic E-state index is 1.18. The minimum absolute atomic E-state index is 1.18. The molecule has 50 heavy (non-hydrogen) atoms. The third kappa shape index (κ3) is 3.41. The molecule has 10 aromatic carbocycles. The summed E-state index contributed by atoms with van der Waals surface area (Å²) in [5.74, 6) is 0. The number of fused-ring (bicyclic) bond motifs is 13. The van der Waals surface area contributed by atoms with Crippen molar-refractivity contribution in [2.45, 2.75) is 0 Å². The van der Waals surface area contributed by atoms with E-state index in [2.05, 4.69) is 168 Å². The van der Waals surface area contributed by atoms with E-state index in [1.807, 2.05) is 11.3 Å². The Balaban J connectivity index is 1.17. The van der Waals surface area contributed by atoms with Gasteiger partial charge in [0.1, 0.15) is 0 Å². The molecule has 12 rings (SSSR count). The molecule has 0 spiro atoms. The van der Waals surface area contributed by atoms with Gasteiger partial charge in [0, 0.05) is 36.6 Å². The topological polar surface area (TPSA) is 4.93 Å². The smallest absolute Gasteiger partial charge is 0.0555 e. The largest absolute Gasteiger partial charge is 0.309 e. The van der Waals surface area contributed by atoms with Crippen LogP contribution in [-0.2, 0) is 0 Å². The highest BCUT2D eigenvalue weighted by molar-refractivity contribution is 7.26. The molecule has 0 saturated carbocycles. The Morgan fingerprint density at radius 2 is 0.840 bits per heavy atom. The van der Waals surface area contributed by atoms with Crippen molar-refractivity contribution in [2.24, 2.45) is 0 Å². The summed E-state index contributed by atoms with van der Waals surface area (Å²) >= 11 is 1.91. The fourth-order valence-electron chi connectivity index (χ4n) is 9.00. The molecule has 0 amide bonds. The maximum Gasteiger partial charge on any atom is 0.0555 e. The van der Waals surface area contributed by atoms with Crippen LogP contribution in [0.3, 0.4) is 0 Å². The van der Waals surface area contributed by atoms with Gasteiger partial charge in [0.05, 0.1) is 11.0 Å². The lowest BCUT2D eigenvalue weighted by atomic mass is 9.85. The molecule has 2 aromatic heterocycles. The molecule has 12 aromatic rings. The van der Waals surface area contributed by atoms with Crippen molar-refractivity contribution < 1.29 is 0 Å². The second kappa shape index (κ2) is 9.69. The highest BCUT2D eigenvalue weighted by Gasteiger charge is 2.20. The minimum Gasteiger partial charge on any atom is -0.309 e. The number of thiophene rings is 1. The van der Waals surface area contributed by atoms with E-state index in [9.17, 15) is 0 Å².